The van der Waals surface area contributed by atoms with Crippen molar-refractivity contribution in [1.82, 2.24) is 9.55 Å². The average Bonchev–Trinajstić information content (AvgIpc) is 3.23. The molecule has 0 amide bonds. The zero-order valence-electron chi connectivity index (χ0n) is 17.4. The predicted octanol–water partition coefficient (Wildman–Crippen LogP) is 3.09. The molecule has 3 aromatic rings. The topological polar surface area (TPSA) is 87.7 Å². The standard InChI is InChI=1S/C24H25FN2O4/c1-16(29)15-31-21-9-10-22(23(25)13-21)19-6-3-18(4-7-19)5-8-20(14-28)27-12-11-26-24(27)17(2)30/h3-4,6-7,9-13,16-17,20,28-30H,14-15H2,1-2H3/t16-,17+,20+/m1/s1. The molecule has 31 heavy (non-hydrogen) atoms. The van der Waals surface area contributed by atoms with Crippen LogP contribution in [0.2, 0.25) is 0 Å². The second-order valence-electron chi connectivity index (χ2n) is 7.22. The van der Waals surface area contributed by atoms with Gasteiger partial charge >= 0.3 is 0 Å². The molecule has 7 heteroatoms. The molecule has 3 rings (SSSR count). The van der Waals surface area contributed by atoms with E-state index < -0.39 is 24.1 Å². The van der Waals surface area contributed by atoms with E-state index in [0.717, 1.165) is 0 Å². The van der Waals surface area contributed by atoms with Gasteiger partial charge in [-0.05, 0) is 43.7 Å². The Morgan fingerprint density at radius 1 is 1.13 bits per heavy atom. The summed E-state index contributed by atoms with van der Waals surface area (Å²) < 4.78 is 21.5. The number of aromatic nitrogens is 2. The molecule has 0 aliphatic heterocycles. The summed E-state index contributed by atoms with van der Waals surface area (Å²) in [5.74, 6) is 6.35. The molecule has 3 atom stereocenters. The quantitative estimate of drug-likeness (QED) is 0.508. The minimum atomic E-state index is -0.774. The summed E-state index contributed by atoms with van der Waals surface area (Å²) in [7, 11) is 0. The molecule has 0 unspecified atom stereocenters. The van der Waals surface area contributed by atoms with Crippen molar-refractivity contribution < 1.29 is 24.4 Å². The number of hydrogen-bond donors (Lipinski definition) is 3. The number of hydrogen-bond acceptors (Lipinski definition) is 5. The van der Waals surface area contributed by atoms with Gasteiger partial charge in [0.05, 0.1) is 12.7 Å². The number of aliphatic hydroxyl groups is 3. The summed E-state index contributed by atoms with van der Waals surface area (Å²) in [5, 5.41) is 28.8. The highest BCUT2D eigenvalue weighted by Crippen LogP contribution is 2.26. The molecule has 0 radical (unpaired) electrons. The highest BCUT2D eigenvalue weighted by atomic mass is 19.1. The molecular weight excluding hydrogens is 399 g/mol. The number of aliphatic hydroxyl groups excluding tert-OH is 3. The van der Waals surface area contributed by atoms with Gasteiger partial charge in [-0.25, -0.2) is 9.37 Å². The van der Waals surface area contributed by atoms with E-state index in [1.54, 1.807) is 67.2 Å². The monoisotopic (exact) mass is 424 g/mol. The van der Waals surface area contributed by atoms with Crippen molar-refractivity contribution in [1.29, 1.82) is 0 Å². The lowest BCUT2D eigenvalue weighted by molar-refractivity contribution is 0.122. The average molecular weight is 424 g/mol. The van der Waals surface area contributed by atoms with Crippen LogP contribution in [-0.4, -0.2) is 44.2 Å². The summed E-state index contributed by atoms with van der Waals surface area (Å²) in [4.78, 5) is 4.10. The van der Waals surface area contributed by atoms with E-state index in [4.69, 9.17) is 4.74 Å². The van der Waals surface area contributed by atoms with E-state index in [9.17, 15) is 19.7 Å². The van der Waals surface area contributed by atoms with Crippen molar-refractivity contribution in [2.75, 3.05) is 13.2 Å². The Hall–Kier alpha value is -3.18. The van der Waals surface area contributed by atoms with Gasteiger partial charge in [-0.15, -0.1) is 0 Å². The Bertz CT molecular complexity index is 1070. The summed E-state index contributed by atoms with van der Waals surface area (Å²) in [6, 6.07) is 11.1. The third-order valence-corrected chi connectivity index (χ3v) is 4.59. The molecule has 2 aromatic carbocycles. The summed E-state index contributed by atoms with van der Waals surface area (Å²) in [6.45, 7) is 3.07. The second kappa shape index (κ2) is 10.2. The summed E-state index contributed by atoms with van der Waals surface area (Å²) >= 11 is 0. The van der Waals surface area contributed by atoms with Crippen molar-refractivity contribution in [3.8, 4) is 28.7 Å². The number of imidazole rings is 1. The molecule has 3 N–H and O–H groups in total. The van der Waals surface area contributed by atoms with E-state index in [-0.39, 0.29) is 13.2 Å². The maximum Gasteiger partial charge on any atom is 0.138 e. The summed E-state index contributed by atoms with van der Waals surface area (Å²) in [6.07, 6.45) is 1.81. The van der Waals surface area contributed by atoms with Crippen LogP contribution in [-0.2, 0) is 0 Å². The molecule has 0 aliphatic carbocycles. The fourth-order valence-corrected chi connectivity index (χ4v) is 3.05. The van der Waals surface area contributed by atoms with E-state index in [1.807, 2.05) is 0 Å². The van der Waals surface area contributed by atoms with Gasteiger partial charge in [0.25, 0.3) is 0 Å². The lowest BCUT2D eigenvalue weighted by Crippen LogP contribution is -2.15. The SMILES string of the molecule is C[C@H](O)c1nccn1[C@@H](C#Cc1ccc(-c2ccc(OC[C@@H](C)O)cc2F)cc1)CO. The van der Waals surface area contributed by atoms with Crippen LogP contribution >= 0.6 is 0 Å². The molecule has 0 saturated heterocycles. The number of halogens is 1. The van der Waals surface area contributed by atoms with Crippen LogP contribution in [0, 0.1) is 17.7 Å². The van der Waals surface area contributed by atoms with Crippen molar-refractivity contribution in [2.45, 2.75) is 32.1 Å². The zero-order chi connectivity index (χ0) is 22.4. The van der Waals surface area contributed by atoms with Gasteiger partial charge in [-0.3, -0.25) is 0 Å². The Labute approximate surface area is 180 Å². The Morgan fingerprint density at radius 2 is 1.87 bits per heavy atom. The lowest BCUT2D eigenvalue weighted by atomic mass is 10.0. The van der Waals surface area contributed by atoms with Gasteiger partial charge in [-0.2, -0.15) is 0 Å². The first-order valence-electron chi connectivity index (χ1n) is 9.93. The van der Waals surface area contributed by atoms with E-state index in [2.05, 4.69) is 16.8 Å². The van der Waals surface area contributed by atoms with Crippen LogP contribution in [0.5, 0.6) is 5.75 Å². The van der Waals surface area contributed by atoms with Crippen LogP contribution in [0.4, 0.5) is 4.39 Å². The molecule has 0 spiro atoms. The third kappa shape index (κ3) is 5.70. The van der Waals surface area contributed by atoms with Crippen LogP contribution < -0.4 is 4.74 Å². The number of rotatable bonds is 7. The first kappa shape index (κ1) is 22.5. The van der Waals surface area contributed by atoms with Crippen molar-refractivity contribution in [2.24, 2.45) is 0 Å². The fourth-order valence-electron chi connectivity index (χ4n) is 3.05. The predicted molar refractivity (Wildman–Crippen MR) is 115 cm³/mol. The van der Waals surface area contributed by atoms with Gasteiger partial charge in [0.1, 0.15) is 36.1 Å². The van der Waals surface area contributed by atoms with Gasteiger partial charge in [0.15, 0.2) is 0 Å². The van der Waals surface area contributed by atoms with Crippen LogP contribution in [0.3, 0.4) is 0 Å². The molecular formula is C24H25FN2O4. The first-order valence-corrected chi connectivity index (χ1v) is 9.93. The fraction of sp³-hybridized carbons (Fsp3) is 0.292. The minimum Gasteiger partial charge on any atom is -0.491 e. The molecule has 162 valence electrons. The van der Waals surface area contributed by atoms with E-state index in [0.29, 0.717) is 28.3 Å². The van der Waals surface area contributed by atoms with Gasteiger partial charge in [-0.1, -0.05) is 24.0 Å². The van der Waals surface area contributed by atoms with Crippen LogP contribution in [0.25, 0.3) is 11.1 Å². The van der Waals surface area contributed by atoms with Crippen molar-refractivity contribution in [3.05, 3.63) is 72.1 Å². The molecule has 0 bridgehead atoms. The van der Waals surface area contributed by atoms with Crippen molar-refractivity contribution >= 4 is 0 Å². The van der Waals surface area contributed by atoms with Crippen molar-refractivity contribution in [3.63, 3.8) is 0 Å². The highest BCUT2D eigenvalue weighted by Gasteiger charge is 2.15. The van der Waals surface area contributed by atoms with Gasteiger partial charge in [0.2, 0.25) is 0 Å². The molecule has 6 nitrogen and oxygen atoms in total. The largest absolute Gasteiger partial charge is 0.491 e. The molecule has 1 aromatic heterocycles. The van der Waals surface area contributed by atoms with Gasteiger partial charge < -0.3 is 24.6 Å². The maximum absolute atomic E-state index is 14.5. The summed E-state index contributed by atoms with van der Waals surface area (Å²) in [5.41, 5.74) is 1.82. The minimum absolute atomic E-state index is 0.0960. The molecule has 0 fully saturated rings. The normalized spacial score (nSPS) is 13.7. The van der Waals surface area contributed by atoms with E-state index >= 15 is 0 Å². The maximum atomic E-state index is 14.5. The Morgan fingerprint density at radius 3 is 2.48 bits per heavy atom. The molecule has 0 saturated carbocycles. The number of benzene rings is 2. The smallest absolute Gasteiger partial charge is 0.138 e. The Balaban J connectivity index is 1.76. The number of nitrogens with zero attached hydrogens (tertiary/aromatic N) is 2. The first-order chi connectivity index (χ1) is 14.9. The molecule has 1 heterocycles. The van der Waals surface area contributed by atoms with Gasteiger partial charge in [0, 0.05) is 29.6 Å². The van der Waals surface area contributed by atoms with Crippen LogP contribution in [0.1, 0.15) is 37.4 Å². The number of ether oxygens (including phenoxy) is 1. The lowest BCUT2D eigenvalue weighted by Gasteiger charge is -2.14. The van der Waals surface area contributed by atoms with E-state index in [1.165, 1.54) is 6.07 Å². The van der Waals surface area contributed by atoms with Crippen LogP contribution in [0.15, 0.2) is 54.9 Å². The zero-order valence-corrected chi connectivity index (χ0v) is 17.4. The second-order valence-corrected chi connectivity index (χ2v) is 7.22. The Kier molecular flexibility index (Phi) is 7.42. The third-order valence-electron chi connectivity index (χ3n) is 4.59. The molecule has 0 aliphatic rings. The highest BCUT2D eigenvalue weighted by molar-refractivity contribution is 5.66.